The van der Waals surface area contributed by atoms with Gasteiger partial charge in [-0.3, -0.25) is 0 Å². The zero-order chi connectivity index (χ0) is 14.9. The number of nitrogens with one attached hydrogen (secondary N) is 2. The van der Waals surface area contributed by atoms with E-state index in [0.717, 1.165) is 32.3 Å². The predicted octanol–water partition coefficient (Wildman–Crippen LogP) is 4.46. The van der Waals surface area contributed by atoms with Gasteiger partial charge in [0.1, 0.15) is 0 Å². The summed E-state index contributed by atoms with van der Waals surface area (Å²) in [6, 6.07) is 21.8. The smallest absolute Gasteiger partial charge is 0.150 e. The molecule has 0 aliphatic carbocycles. The molecule has 0 fully saturated rings. The van der Waals surface area contributed by atoms with Gasteiger partial charge < -0.3 is 9.71 Å². The van der Waals surface area contributed by atoms with Crippen LogP contribution in [-0.4, -0.2) is 9.19 Å². The van der Waals surface area contributed by atoms with Crippen molar-refractivity contribution in [2.75, 3.05) is 4.72 Å². The van der Waals surface area contributed by atoms with Gasteiger partial charge >= 0.3 is 0 Å². The van der Waals surface area contributed by atoms with Gasteiger partial charge in [-0.1, -0.05) is 42.5 Å². The molecule has 4 heteroatoms. The number of fused-ring (bicyclic) bond motifs is 2. The lowest BCUT2D eigenvalue weighted by Crippen LogP contribution is -2.05. The number of anilines is 1. The summed E-state index contributed by atoms with van der Waals surface area (Å²) in [6.07, 6.45) is 1.90. The Labute approximate surface area is 130 Å². The number of aromatic nitrogens is 1. The van der Waals surface area contributed by atoms with Gasteiger partial charge in [0.2, 0.25) is 0 Å². The Morgan fingerprint density at radius 3 is 2.68 bits per heavy atom. The van der Waals surface area contributed by atoms with Crippen LogP contribution in [0.15, 0.2) is 77.8 Å². The second kappa shape index (κ2) is 5.31. The molecule has 0 amide bonds. The SMILES string of the molecule is O=S(Nc1ccc2cc[nH]c2c1)c1cccc2ccccc12. The van der Waals surface area contributed by atoms with Gasteiger partial charge in [-0.15, -0.1) is 0 Å². The highest BCUT2D eigenvalue weighted by Gasteiger charge is 2.08. The minimum Gasteiger partial charge on any atom is -0.361 e. The number of H-pyrrole nitrogens is 1. The molecule has 1 aromatic heterocycles. The first-order chi connectivity index (χ1) is 10.8. The monoisotopic (exact) mass is 306 g/mol. The Morgan fingerprint density at radius 2 is 1.73 bits per heavy atom. The van der Waals surface area contributed by atoms with E-state index in [4.69, 9.17) is 0 Å². The van der Waals surface area contributed by atoms with E-state index in [1.54, 1.807) is 0 Å². The Bertz CT molecular complexity index is 985. The van der Waals surface area contributed by atoms with Crippen molar-refractivity contribution in [3.8, 4) is 0 Å². The molecule has 3 aromatic carbocycles. The average Bonchev–Trinajstić information content (AvgIpc) is 3.02. The minimum absolute atomic E-state index is 0.796. The molecule has 22 heavy (non-hydrogen) atoms. The van der Waals surface area contributed by atoms with Crippen molar-refractivity contribution in [1.82, 2.24) is 4.98 Å². The van der Waals surface area contributed by atoms with Crippen LogP contribution in [-0.2, 0) is 11.0 Å². The molecule has 108 valence electrons. The molecular weight excluding hydrogens is 292 g/mol. The summed E-state index contributed by atoms with van der Waals surface area (Å²) in [5, 5.41) is 3.24. The zero-order valence-corrected chi connectivity index (χ0v) is 12.6. The van der Waals surface area contributed by atoms with Crippen LogP contribution in [0.25, 0.3) is 21.7 Å². The molecule has 2 N–H and O–H groups in total. The normalized spacial score (nSPS) is 12.5. The summed E-state index contributed by atoms with van der Waals surface area (Å²) in [4.78, 5) is 3.96. The van der Waals surface area contributed by atoms with Gasteiger partial charge in [0.25, 0.3) is 0 Å². The van der Waals surface area contributed by atoms with Crippen LogP contribution in [0.5, 0.6) is 0 Å². The molecule has 0 aliphatic rings. The first-order valence-corrected chi connectivity index (χ1v) is 8.19. The van der Waals surface area contributed by atoms with Gasteiger partial charge in [0.05, 0.1) is 4.90 Å². The molecule has 4 aromatic rings. The summed E-state index contributed by atoms with van der Waals surface area (Å²) < 4.78 is 15.8. The van der Waals surface area contributed by atoms with E-state index in [2.05, 4.69) is 9.71 Å². The molecule has 4 rings (SSSR count). The van der Waals surface area contributed by atoms with E-state index in [0.29, 0.717) is 0 Å². The number of hydrogen-bond acceptors (Lipinski definition) is 1. The van der Waals surface area contributed by atoms with Gasteiger partial charge in [0, 0.05) is 17.4 Å². The molecule has 0 saturated heterocycles. The Hall–Kier alpha value is -2.59. The molecule has 0 spiro atoms. The summed E-state index contributed by atoms with van der Waals surface area (Å²) in [5.41, 5.74) is 1.86. The lowest BCUT2D eigenvalue weighted by atomic mass is 10.1. The molecule has 0 radical (unpaired) electrons. The van der Waals surface area contributed by atoms with Crippen LogP contribution in [0.2, 0.25) is 0 Å². The summed E-state index contributed by atoms with van der Waals surface area (Å²) in [5.74, 6) is 0. The van der Waals surface area contributed by atoms with Crippen LogP contribution in [0.4, 0.5) is 5.69 Å². The molecule has 0 aliphatic heterocycles. The molecule has 0 bridgehead atoms. The van der Waals surface area contributed by atoms with E-state index < -0.39 is 11.0 Å². The fourth-order valence-electron chi connectivity index (χ4n) is 2.63. The maximum atomic E-state index is 12.7. The molecule has 0 saturated carbocycles. The van der Waals surface area contributed by atoms with Crippen molar-refractivity contribution < 1.29 is 4.21 Å². The van der Waals surface area contributed by atoms with E-state index in [9.17, 15) is 4.21 Å². The maximum absolute atomic E-state index is 12.7. The van der Waals surface area contributed by atoms with E-state index in [1.807, 2.05) is 72.9 Å². The van der Waals surface area contributed by atoms with E-state index in [-0.39, 0.29) is 0 Å². The average molecular weight is 306 g/mol. The third-order valence-electron chi connectivity index (χ3n) is 3.71. The van der Waals surface area contributed by atoms with Crippen LogP contribution < -0.4 is 4.72 Å². The summed E-state index contributed by atoms with van der Waals surface area (Å²) in [6.45, 7) is 0. The first-order valence-electron chi connectivity index (χ1n) is 7.04. The molecule has 3 nitrogen and oxygen atoms in total. The van der Waals surface area contributed by atoms with Crippen LogP contribution in [0.3, 0.4) is 0 Å². The van der Waals surface area contributed by atoms with Crippen LogP contribution >= 0.6 is 0 Å². The van der Waals surface area contributed by atoms with Crippen molar-refractivity contribution in [1.29, 1.82) is 0 Å². The maximum Gasteiger partial charge on any atom is 0.150 e. The van der Waals surface area contributed by atoms with Crippen molar-refractivity contribution in [3.05, 3.63) is 72.9 Å². The van der Waals surface area contributed by atoms with Crippen LogP contribution in [0.1, 0.15) is 0 Å². The fraction of sp³-hybridized carbons (Fsp3) is 0. The second-order valence-corrected chi connectivity index (χ2v) is 6.31. The van der Waals surface area contributed by atoms with E-state index in [1.165, 1.54) is 0 Å². The Morgan fingerprint density at radius 1 is 0.864 bits per heavy atom. The zero-order valence-electron chi connectivity index (χ0n) is 11.7. The van der Waals surface area contributed by atoms with Gasteiger partial charge in [-0.05, 0) is 40.4 Å². The fourth-order valence-corrected chi connectivity index (χ4v) is 3.67. The highest BCUT2D eigenvalue weighted by Crippen LogP contribution is 2.24. The van der Waals surface area contributed by atoms with Crippen LogP contribution in [0, 0.1) is 0 Å². The van der Waals surface area contributed by atoms with Crippen molar-refractivity contribution in [2.24, 2.45) is 0 Å². The Kier molecular flexibility index (Phi) is 3.16. The third-order valence-corrected chi connectivity index (χ3v) is 4.89. The number of benzene rings is 3. The topological polar surface area (TPSA) is 44.9 Å². The molecular formula is C18H14N2OS. The summed E-state index contributed by atoms with van der Waals surface area (Å²) in [7, 11) is -1.30. The molecule has 1 atom stereocenters. The molecule has 1 heterocycles. The summed E-state index contributed by atoms with van der Waals surface area (Å²) >= 11 is 0. The van der Waals surface area contributed by atoms with Gasteiger partial charge in [0.15, 0.2) is 11.0 Å². The van der Waals surface area contributed by atoms with Gasteiger partial charge in [-0.2, -0.15) is 0 Å². The highest BCUT2D eigenvalue weighted by atomic mass is 32.2. The predicted molar refractivity (Wildman–Crippen MR) is 92.3 cm³/mol. The van der Waals surface area contributed by atoms with Crippen molar-refractivity contribution >= 4 is 38.3 Å². The minimum atomic E-state index is -1.30. The van der Waals surface area contributed by atoms with E-state index >= 15 is 0 Å². The second-order valence-electron chi connectivity index (χ2n) is 5.13. The van der Waals surface area contributed by atoms with Crippen molar-refractivity contribution in [2.45, 2.75) is 4.90 Å². The largest absolute Gasteiger partial charge is 0.361 e. The quantitative estimate of drug-likeness (QED) is 0.577. The Balaban J connectivity index is 1.71. The number of hydrogen-bond donors (Lipinski definition) is 2. The van der Waals surface area contributed by atoms with Gasteiger partial charge in [-0.25, -0.2) is 4.21 Å². The lowest BCUT2D eigenvalue weighted by Gasteiger charge is -2.09. The molecule has 1 unspecified atom stereocenters. The standard InChI is InChI=1S/C18H14N2OS/c21-22(18-7-3-5-13-4-1-2-6-16(13)18)20-15-9-8-14-10-11-19-17(14)12-15/h1-12,19-20H. The third kappa shape index (κ3) is 2.27. The number of aromatic amines is 1. The highest BCUT2D eigenvalue weighted by molar-refractivity contribution is 7.86. The number of rotatable bonds is 3. The first kappa shape index (κ1) is 13.1. The van der Waals surface area contributed by atoms with Crippen molar-refractivity contribution in [3.63, 3.8) is 0 Å². The lowest BCUT2D eigenvalue weighted by molar-refractivity contribution is 0.687.